The van der Waals surface area contributed by atoms with Crippen LogP contribution in [-0.4, -0.2) is 40.6 Å². The third kappa shape index (κ3) is 6.60. The van der Waals surface area contributed by atoms with Crippen LogP contribution in [0.2, 0.25) is 0 Å². The highest BCUT2D eigenvalue weighted by Crippen LogP contribution is 2.15. The minimum absolute atomic E-state index is 0.00800. The fourth-order valence-electron chi connectivity index (χ4n) is 2.18. The Labute approximate surface area is 168 Å². The van der Waals surface area contributed by atoms with Crippen molar-refractivity contribution in [1.82, 2.24) is 4.72 Å². The van der Waals surface area contributed by atoms with E-state index in [4.69, 9.17) is 14.7 Å². The molecule has 0 unspecified atom stereocenters. The van der Waals surface area contributed by atoms with Crippen molar-refractivity contribution in [2.24, 2.45) is 0 Å². The first-order chi connectivity index (χ1) is 13.9. The molecule has 0 aliphatic carbocycles. The van der Waals surface area contributed by atoms with Gasteiger partial charge >= 0.3 is 5.97 Å². The molecule has 0 bridgehead atoms. The van der Waals surface area contributed by atoms with Crippen molar-refractivity contribution >= 4 is 27.6 Å². The lowest BCUT2D eigenvalue weighted by molar-refractivity contribution is -0.119. The molecule has 1 amide bonds. The van der Waals surface area contributed by atoms with Gasteiger partial charge in [-0.3, -0.25) is 4.79 Å². The Morgan fingerprint density at radius 2 is 1.72 bits per heavy atom. The van der Waals surface area contributed by atoms with E-state index >= 15 is 0 Å². The van der Waals surface area contributed by atoms with Crippen molar-refractivity contribution in [1.29, 1.82) is 5.26 Å². The molecule has 2 aromatic rings. The lowest BCUT2D eigenvalue weighted by Gasteiger charge is -2.08. The summed E-state index contributed by atoms with van der Waals surface area (Å²) < 4.78 is 36.3. The van der Waals surface area contributed by atoms with Gasteiger partial charge < -0.3 is 14.8 Å². The maximum absolute atomic E-state index is 12.0. The molecule has 0 fully saturated rings. The average Bonchev–Trinajstić information content (AvgIpc) is 2.73. The van der Waals surface area contributed by atoms with Gasteiger partial charge in [0.2, 0.25) is 10.0 Å². The minimum atomic E-state index is -3.77. The Balaban J connectivity index is 1.88. The molecule has 29 heavy (non-hydrogen) atoms. The van der Waals surface area contributed by atoms with E-state index in [9.17, 15) is 18.0 Å². The molecule has 2 aromatic carbocycles. The Morgan fingerprint density at radius 3 is 2.31 bits per heavy atom. The Morgan fingerprint density at radius 1 is 1.07 bits per heavy atom. The summed E-state index contributed by atoms with van der Waals surface area (Å²) >= 11 is 0. The third-order valence-corrected chi connectivity index (χ3v) is 5.11. The van der Waals surface area contributed by atoms with Crippen molar-refractivity contribution in [3.8, 4) is 11.8 Å². The van der Waals surface area contributed by atoms with Crippen molar-refractivity contribution in [3.05, 3.63) is 54.1 Å². The second kappa shape index (κ2) is 10.2. The Hall–Kier alpha value is -3.42. The van der Waals surface area contributed by atoms with Crippen LogP contribution >= 0.6 is 0 Å². The van der Waals surface area contributed by atoms with E-state index in [2.05, 4.69) is 10.0 Å². The molecule has 10 heteroatoms. The number of nitrogens with one attached hydrogen (secondary N) is 2. The van der Waals surface area contributed by atoms with E-state index in [0.717, 1.165) is 0 Å². The lowest BCUT2D eigenvalue weighted by Crippen LogP contribution is -2.24. The predicted octanol–water partition coefficient (Wildman–Crippen LogP) is 1.68. The molecule has 0 saturated heterocycles. The molecule has 0 spiro atoms. The van der Waals surface area contributed by atoms with Gasteiger partial charge in [0.05, 0.1) is 23.6 Å². The van der Waals surface area contributed by atoms with E-state index in [-0.39, 0.29) is 23.4 Å². The highest BCUT2D eigenvalue weighted by Gasteiger charge is 2.15. The monoisotopic (exact) mass is 417 g/mol. The standard InChI is InChI=1S/C19H19N3O6S/c1-27-16-7-5-15(6-8-16)22-18(23)13-28-19(24)14-3-9-17(10-4-14)29(25,26)21-12-2-11-20/h3-10,21H,2,12-13H2,1H3,(H,22,23). The summed E-state index contributed by atoms with van der Waals surface area (Å²) in [5.41, 5.74) is 0.614. The number of ether oxygens (including phenoxy) is 2. The number of anilines is 1. The molecule has 0 aliphatic rings. The normalized spacial score (nSPS) is 10.6. The number of nitrogens with zero attached hydrogens (tertiary/aromatic N) is 1. The molecule has 0 aromatic heterocycles. The van der Waals surface area contributed by atoms with Gasteiger partial charge in [0.25, 0.3) is 5.91 Å². The summed E-state index contributed by atoms with van der Waals surface area (Å²) in [5, 5.41) is 11.0. The fraction of sp³-hybridized carbons (Fsp3) is 0.211. The number of hydrogen-bond donors (Lipinski definition) is 2. The van der Waals surface area contributed by atoms with Gasteiger partial charge in [-0.25, -0.2) is 17.9 Å². The zero-order valence-electron chi connectivity index (χ0n) is 15.5. The number of carbonyl (C=O) groups excluding carboxylic acids is 2. The molecule has 2 N–H and O–H groups in total. The van der Waals surface area contributed by atoms with Gasteiger partial charge in [0.15, 0.2) is 6.61 Å². The topological polar surface area (TPSA) is 135 Å². The van der Waals surface area contributed by atoms with Crippen LogP contribution in [0.3, 0.4) is 0 Å². The molecular formula is C19H19N3O6S. The number of methoxy groups -OCH3 is 1. The van der Waals surface area contributed by atoms with E-state index in [1.807, 2.05) is 6.07 Å². The number of benzene rings is 2. The number of esters is 1. The highest BCUT2D eigenvalue weighted by atomic mass is 32.2. The first kappa shape index (κ1) is 21.9. The summed E-state index contributed by atoms with van der Waals surface area (Å²) in [5.74, 6) is -0.652. The maximum Gasteiger partial charge on any atom is 0.338 e. The molecule has 0 atom stereocenters. The number of rotatable bonds is 9. The van der Waals surface area contributed by atoms with Crippen molar-refractivity contribution in [2.45, 2.75) is 11.3 Å². The molecule has 0 heterocycles. The van der Waals surface area contributed by atoms with Gasteiger partial charge in [0, 0.05) is 18.7 Å². The molecule has 152 valence electrons. The maximum atomic E-state index is 12.0. The smallest absolute Gasteiger partial charge is 0.338 e. The van der Waals surface area contributed by atoms with Crippen LogP contribution in [0.25, 0.3) is 0 Å². The van der Waals surface area contributed by atoms with E-state index in [0.29, 0.717) is 11.4 Å². The first-order valence-corrected chi connectivity index (χ1v) is 9.92. The van der Waals surface area contributed by atoms with Crippen molar-refractivity contribution < 1.29 is 27.5 Å². The van der Waals surface area contributed by atoms with Crippen LogP contribution in [-0.2, 0) is 19.6 Å². The summed E-state index contributed by atoms with van der Waals surface area (Å²) in [7, 11) is -2.24. The summed E-state index contributed by atoms with van der Waals surface area (Å²) in [6.45, 7) is -0.507. The number of sulfonamides is 1. The minimum Gasteiger partial charge on any atom is -0.497 e. The van der Waals surface area contributed by atoms with Crippen LogP contribution < -0.4 is 14.8 Å². The zero-order valence-corrected chi connectivity index (χ0v) is 16.4. The van der Waals surface area contributed by atoms with Crippen molar-refractivity contribution in [3.63, 3.8) is 0 Å². The Bertz CT molecular complexity index is 996. The second-order valence-electron chi connectivity index (χ2n) is 5.68. The third-order valence-electron chi connectivity index (χ3n) is 3.64. The Kier molecular flexibility index (Phi) is 7.70. The van der Waals surface area contributed by atoms with E-state index in [1.165, 1.54) is 31.4 Å². The van der Waals surface area contributed by atoms with Crippen molar-refractivity contribution in [2.75, 3.05) is 25.6 Å². The van der Waals surface area contributed by atoms with Gasteiger partial charge in [-0.05, 0) is 48.5 Å². The summed E-state index contributed by atoms with van der Waals surface area (Å²) in [4.78, 5) is 23.9. The van der Waals surface area contributed by atoms with Gasteiger partial charge in [0.1, 0.15) is 5.75 Å². The zero-order chi connectivity index (χ0) is 21.3. The first-order valence-electron chi connectivity index (χ1n) is 8.43. The van der Waals surface area contributed by atoms with Crippen LogP contribution in [0.5, 0.6) is 5.75 Å². The molecular weight excluding hydrogens is 398 g/mol. The molecule has 2 rings (SSSR count). The lowest BCUT2D eigenvalue weighted by atomic mass is 10.2. The average molecular weight is 417 g/mol. The highest BCUT2D eigenvalue weighted by molar-refractivity contribution is 7.89. The second-order valence-corrected chi connectivity index (χ2v) is 7.45. The van der Waals surface area contributed by atoms with Crippen LogP contribution in [0.1, 0.15) is 16.8 Å². The summed E-state index contributed by atoms with van der Waals surface area (Å²) in [6.07, 6.45) is 0.0439. The number of hydrogen-bond acceptors (Lipinski definition) is 7. The SMILES string of the molecule is COc1ccc(NC(=O)COC(=O)c2ccc(S(=O)(=O)NCCC#N)cc2)cc1. The number of carbonyl (C=O) groups is 2. The van der Waals surface area contributed by atoms with Crippen LogP contribution in [0.4, 0.5) is 5.69 Å². The molecule has 0 saturated carbocycles. The largest absolute Gasteiger partial charge is 0.497 e. The molecule has 0 radical (unpaired) electrons. The predicted molar refractivity (Wildman–Crippen MR) is 104 cm³/mol. The van der Waals surface area contributed by atoms with Gasteiger partial charge in [-0.1, -0.05) is 0 Å². The quantitative estimate of drug-likeness (QED) is 0.468. The fourth-order valence-corrected chi connectivity index (χ4v) is 3.21. The number of nitriles is 1. The molecule has 9 nitrogen and oxygen atoms in total. The summed E-state index contributed by atoms with van der Waals surface area (Å²) in [6, 6.07) is 13.5. The van der Waals surface area contributed by atoms with Crippen LogP contribution in [0, 0.1) is 11.3 Å². The van der Waals surface area contributed by atoms with Crippen LogP contribution in [0.15, 0.2) is 53.4 Å². The number of amides is 1. The molecule has 0 aliphatic heterocycles. The van der Waals surface area contributed by atoms with E-state index < -0.39 is 28.5 Å². The van der Waals surface area contributed by atoms with Gasteiger partial charge in [-0.15, -0.1) is 0 Å². The van der Waals surface area contributed by atoms with Gasteiger partial charge in [-0.2, -0.15) is 5.26 Å². The van der Waals surface area contributed by atoms with E-state index in [1.54, 1.807) is 24.3 Å².